The highest BCUT2D eigenvalue weighted by atomic mass is 79.9. The van der Waals surface area contributed by atoms with E-state index in [0.29, 0.717) is 0 Å². The molecule has 0 aliphatic heterocycles. The summed E-state index contributed by atoms with van der Waals surface area (Å²) in [7, 11) is 0. The summed E-state index contributed by atoms with van der Waals surface area (Å²) < 4.78 is 13.7. The van der Waals surface area contributed by atoms with E-state index in [2.05, 4.69) is 15.9 Å². The highest BCUT2D eigenvalue weighted by Crippen LogP contribution is 2.25. The van der Waals surface area contributed by atoms with Crippen LogP contribution in [0.5, 0.6) is 0 Å². The highest BCUT2D eigenvalue weighted by molar-refractivity contribution is 9.10. The predicted molar refractivity (Wildman–Crippen MR) is 67.5 cm³/mol. The number of nitrogens with zero attached hydrogens (tertiary/aromatic N) is 1. The van der Waals surface area contributed by atoms with Gasteiger partial charge in [0.15, 0.2) is 6.04 Å². The molecule has 0 saturated carbocycles. The van der Waals surface area contributed by atoms with Crippen molar-refractivity contribution in [2.24, 2.45) is 0 Å². The van der Waals surface area contributed by atoms with E-state index in [9.17, 15) is 19.1 Å². The Hall–Kier alpha value is -1.43. The third-order valence-electron chi connectivity index (χ3n) is 2.55. The van der Waals surface area contributed by atoms with E-state index in [4.69, 9.17) is 0 Å². The van der Waals surface area contributed by atoms with Crippen molar-refractivity contribution in [2.75, 3.05) is 6.54 Å². The third kappa shape index (κ3) is 3.07. The number of hydrogen-bond donors (Lipinski definition) is 1. The molecule has 1 aromatic carbocycles. The number of aliphatic carboxylic acids is 1. The molecule has 0 radical (unpaired) electrons. The maximum Gasteiger partial charge on any atom is 0.331 e. The zero-order chi connectivity index (χ0) is 13.9. The van der Waals surface area contributed by atoms with Crippen molar-refractivity contribution >= 4 is 27.8 Å². The number of halogens is 2. The number of rotatable bonds is 4. The zero-order valence-electron chi connectivity index (χ0n) is 9.98. The molecule has 0 fully saturated rings. The number of carboxylic acids is 1. The first kappa shape index (κ1) is 14.6. The Kier molecular flexibility index (Phi) is 4.84. The minimum atomic E-state index is -1.19. The van der Waals surface area contributed by atoms with Crippen LogP contribution in [0.2, 0.25) is 0 Å². The first-order chi connectivity index (χ1) is 8.38. The van der Waals surface area contributed by atoms with Crippen LogP contribution in [0.1, 0.15) is 25.5 Å². The van der Waals surface area contributed by atoms with Crippen molar-refractivity contribution in [2.45, 2.75) is 19.9 Å². The van der Waals surface area contributed by atoms with E-state index in [1.165, 1.54) is 24.0 Å². The fourth-order valence-electron chi connectivity index (χ4n) is 1.73. The molecular formula is C12H13BrFNO3. The van der Waals surface area contributed by atoms with Crippen LogP contribution in [0.3, 0.4) is 0 Å². The summed E-state index contributed by atoms with van der Waals surface area (Å²) in [6.07, 6.45) is 0. The molecule has 98 valence electrons. The highest BCUT2D eigenvalue weighted by Gasteiger charge is 2.28. The average molecular weight is 318 g/mol. The van der Waals surface area contributed by atoms with E-state index >= 15 is 0 Å². The van der Waals surface area contributed by atoms with Gasteiger partial charge in [-0.3, -0.25) is 4.79 Å². The van der Waals surface area contributed by atoms with Gasteiger partial charge in [-0.05, 0) is 40.5 Å². The molecule has 1 N–H and O–H groups in total. The molecule has 18 heavy (non-hydrogen) atoms. The smallest absolute Gasteiger partial charge is 0.331 e. The number of likely N-dealkylation sites (N-methyl/N-ethyl adjacent to an activating group) is 1. The summed E-state index contributed by atoms with van der Waals surface area (Å²) in [6, 6.07) is 2.86. The summed E-state index contributed by atoms with van der Waals surface area (Å²) in [6.45, 7) is 3.20. The second-order valence-electron chi connectivity index (χ2n) is 3.72. The van der Waals surface area contributed by atoms with Crippen LogP contribution in [0, 0.1) is 5.82 Å². The van der Waals surface area contributed by atoms with Crippen molar-refractivity contribution < 1.29 is 19.1 Å². The summed E-state index contributed by atoms with van der Waals surface area (Å²) in [4.78, 5) is 23.9. The van der Waals surface area contributed by atoms with Crippen molar-refractivity contribution in [3.63, 3.8) is 0 Å². The topological polar surface area (TPSA) is 57.6 Å². The lowest BCUT2D eigenvalue weighted by atomic mass is 10.1. The summed E-state index contributed by atoms with van der Waals surface area (Å²) in [5.74, 6) is -2.11. The van der Waals surface area contributed by atoms with Gasteiger partial charge in [-0.25, -0.2) is 9.18 Å². The molecule has 1 rings (SSSR count). The Morgan fingerprint density at radius 1 is 1.50 bits per heavy atom. The summed E-state index contributed by atoms with van der Waals surface area (Å²) in [5, 5.41) is 9.21. The van der Waals surface area contributed by atoms with Crippen LogP contribution >= 0.6 is 15.9 Å². The van der Waals surface area contributed by atoms with Crippen molar-refractivity contribution in [1.82, 2.24) is 4.90 Å². The Morgan fingerprint density at radius 2 is 2.11 bits per heavy atom. The number of carbonyl (C=O) groups is 2. The van der Waals surface area contributed by atoms with Crippen LogP contribution < -0.4 is 0 Å². The number of carbonyl (C=O) groups excluding carboxylic acids is 1. The van der Waals surface area contributed by atoms with Crippen molar-refractivity contribution in [1.29, 1.82) is 0 Å². The lowest BCUT2D eigenvalue weighted by Gasteiger charge is -2.27. The molecule has 0 heterocycles. The molecule has 0 aliphatic rings. The van der Waals surface area contributed by atoms with Gasteiger partial charge in [0.2, 0.25) is 5.91 Å². The second kappa shape index (κ2) is 5.95. The zero-order valence-corrected chi connectivity index (χ0v) is 11.6. The molecule has 6 heteroatoms. The number of carboxylic acid groups (broad SMARTS) is 1. The van der Waals surface area contributed by atoms with Gasteiger partial charge >= 0.3 is 5.97 Å². The van der Waals surface area contributed by atoms with Crippen molar-refractivity contribution in [3.05, 3.63) is 34.1 Å². The number of benzene rings is 1. The lowest BCUT2D eigenvalue weighted by molar-refractivity contribution is -0.149. The maximum atomic E-state index is 13.4. The average Bonchev–Trinajstić information content (AvgIpc) is 2.28. The fraction of sp³-hybridized carbons (Fsp3) is 0.333. The Morgan fingerprint density at radius 3 is 2.50 bits per heavy atom. The Bertz CT molecular complexity index is 478. The van der Waals surface area contributed by atoms with Crippen LogP contribution in [0.15, 0.2) is 22.7 Å². The van der Waals surface area contributed by atoms with Gasteiger partial charge in [-0.15, -0.1) is 0 Å². The molecule has 0 aliphatic carbocycles. The van der Waals surface area contributed by atoms with Crippen LogP contribution in [-0.4, -0.2) is 28.4 Å². The Labute approximate surface area is 113 Å². The van der Waals surface area contributed by atoms with E-state index < -0.39 is 17.8 Å². The molecule has 1 atom stereocenters. The quantitative estimate of drug-likeness (QED) is 0.928. The molecule has 1 amide bonds. The largest absolute Gasteiger partial charge is 0.479 e. The third-order valence-corrected chi connectivity index (χ3v) is 3.19. The van der Waals surface area contributed by atoms with Gasteiger partial charge in [-0.2, -0.15) is 0 Å². The van der Waals surface area contributed by atoms with Gasteiger partial charge in [-0.1, -0.05) is 6.07 Å². The monoisotopic (exact) mass is 317 g/mol. The SMILES string of the molecule is CCN(C(C)=O)C(C(=O)O)c1ccc(Br)c(F)c1. The first-order valence-corrected chi connectivity index (χ1v) is 6.12. The van der Waals surface area contributed by atoms with Crippen LogP contribution in [0.4, 0.5) is 4.39 Å². The fourth-order valence-corrected chi connectivity index (χ4v) is 1.97. The predicted octanol–water partition coefficient (Wildman–Crippen LogP) is 2.58. The number of amides is 1. The maximum absolute atomic E-state index is 13.4. The first-order valence-electron chi connectivity index (χ1n) is 5.33. The molecule has 4 nitrogen and oxygen atoms in total. The Balaban J connectivity index is 3.23. The molecule has 1 unspecified atom stereocenters. The molecule has 0 bridgehead atoms. The minimum absolute atomic E-state index is 0.236. The molecule has 0 aromatic heterocycles. The van der Waals surface area contributed by atoms with Gasteiger partial charge in [0.05, 0.1) is 4.47 Å². The van der Waals surface area contributed by atoms with E-state index in [1.54, 1.807) is 6.92 Å². The summed E-state index contributed by atoms with van der Waals surface area (Å²) >= 11 is 3.00. The minimum Gasteiger partial charge on any atom is -0.479 e. The normalized spacial score (nSPS) is 12.0. The number of hydrogen-bond acceptors (Lipinski definition) is 2. The van der Waals surface area contributed by atoms with Gasteiger partial charge < -0.3 is 10.0 Å². The van der Waals surface area contributed by atoms with E-state index in [0.717, 1.165) is 6.07 Å². The molecule has 1 aromatic rings. The van der Waals surface area contributed by atoms with Gasteiger partial charge in [0.25, 0.3) is 0 Å². The van der Waals surface area contributed by atoms with Gasteiger partial charge in [0.1, 0.15) is 5.82 Å². The molecular weight excluding hydrogens is 305 g/mol. The second-order valence-corrected chi connectivity index (χ2v) is 4.57. The van der Waals surface area contributed by atoms with Crippen molar-refractivity contribution in [3.8, 4) is 0 Å². The van der Waals surface area contributed by atoms with Crippen LogP contribution in [0.25, 0.3) is 0 Å². The van der Waals surface area contributed by atoms with E-state index in [1.807, 2.05) is 0 Å². The van der Waals surface area contributed by atoms with E-state index in [-0.39, 0.29) is 22.5 Å². The summed E-state index contributed by atoms with van der Waals surface area (Å²) in [5.41, 5.74) is 0.236. The molecule has 0 spiro atoms. The molecule has 0 saturated heterocycles. The van der Waals surface area contributed by atoms with Crippen LogP contribution in [-0.2, 0) is 9.59 Å². The lowest BCUT2D eigenvalue weighted by Crippen LogP contribution is -2.37. The standard InChI is InChI=1S/C12H13BrFNO3/c1-3-15(7(2)16)11(12(17)18)8-4-5-9(13)10(14)6-8/h4-6,11H,3H2,1-2H3,(H,17,18). The van der Waals surface area contributed by atoms with Gasteiger partial charge in [0, 0.05) is 13.5 Å².